The minimum atomic E-state index is -0.282. The number of nitrogens with zero attached hydrogens (tertiary/aromatic N) is 1. The molecule has 23 heavy (non-hydrogen) atoms. The molecule has 0 atom stereocenters. The lowest BCUT2D eigenvalue weighted by atomic mass is 10.2. The van der Waals surface area contributed by atoms with Crippen molar-refractivity contribution in [3.63, 3.8) is 0 Å². The third-order valence-electron chi connectivity index (χ3n) is 3.34. The molecule has 1 aromatic carbocycles. The van der Waals surface area contributed by atoms with Crippen LogP contribution in [-0.4, -0.2) is 24.1 Å². The van der Waals surface area contributed by atoms with Gasteiger partial charge < -0.3 is 14.6 Å². The lowest BCUT2D eigenvalue weighted by Crippen LogP contribution is -2.31. The molecule has 0 aliphatic heterocycles. The highest BCUT2D eigenvalue weighted by molar-refractivity contribution is 9.10. The summed E-state index contributed by atoms with van der Waals surface area (Å²) < 4.78 is 7.40. The van der Waals surface area contributed by atoms with E-state index in [0.717, 1.165) is 10.2 Å². The molecule has 0 saturated carbocycles. The Bertz CT molecular complexity index is 789. The van der Waals surface area contributed by atoms with Crippen molar-refractivity contribution in [3.05, 3.63) is 61.4 Å². The molecule has 1 heterocycles. The van der Waals surface area contributed by atoms with Crippen LogP contribution in [0.5, 0.6) is 5.75 Å². The van der Waals surface area contributed by atoms with Crippen LogP contribution in [0.25, 0.3) is 0 Å². The van der Waals surface area contributed by atoms with E-state index in [1.54, 1.807) is 28.8 Å². The minimum absolute atomic E-state index is 0.170. The van der Waals surface area contributed by atoms with Crippen molar-refractivity contribution in [2.24, 2.45) is 0 Å². The maximum absolute atomic E-state index is 12.2. The number of carbonyl (C=O) groups is 1. The Morgan fingerprint density at radius 3 is 2.74 bits per heavy atom. The van der Waals surface area contributed by atoms with Gasteiger partial charge in [-0.25, -0.2) is 0 Å². The maximum Gasteiger partial charge on any atom is 0.254 e. The summed E-state index contributed by atoms with van der Waals surface area (Å²) in [5.41, 5.74) is 0.987. The molecular weight excluding hydrogens is 384 g/mol. The minimum Gasteiger partial charge on any atom is -0.496 e. The van der Waals surface area contributed by atoms with E-state index in [0.29, 0.717) is 29.4 Å². The molecule has 0 spiro atoms. The quantitative estimate of drug-likeness (QED) is 0.841. The van der Waals surface area contributed by atoms with Gasteiger partial charge in [-0.05, 0) is 31.2 Å². The normalized spacial score (nSPS) is 10.4. The van der Waals surface area contributed by atoms with Crippen molar-refractivity contribution in [2.75, 3.05) is 13.7 Å². The molecule has 0 fully saturated rings. The van der Waals surface area contributed by atoms with Gasteiger partial charge in [-0.15, -0.1) is 0 Å². The van der Waals surface area contributed by atoms with E-state index in [4.69, 9.17) is 16.3 Å². The van der Waals surface area contributed by atoms with Crippen molar-refractivity contribution >= 4 is 33.4 Å². The number of carbonyl (C=O) groups excluding carboxylic acids is 1. The Morgan fingerprint density at radius 1 is 1.35 bits per heavy atom. The van der Waals surface area contributed by atoms with Gasteiger partial charge in [0.25, 0.3) is 11.5 Å². The molecule has 0 aliphatic carbocycles. The summed E-state index contributed by atoms with van der Waals surface area (Å²) in [5, 5.41) is 3.14. The fourth-order valence-corrected chi connectivity index (χ4v) is 2.72. The van der Waals surface area contributed by atoms with Gasteiger partial charge >= 0.3 is 0 Å². The van der Waals surface area contributed by atoms with Crippen molar-refractivity contribution in [1.29, 1.82) is 0 Å². The zero-order valence-electron chi connectivity index (χ0n) is 12.7. The summed E-state index contributed by atoms with van der Waals surface area (Å²) in [6.07, 6.45) is 0. The van der Waals surface area contributed by atoms with E-state index in [-0.39, 0.29) is 11.5 Å². The molecule has 1 aromatic heterocycles. The lowest BCUT2D eigenvalue weighted by molar-refractivity contribution is 0.0952. The second-order valence-electron chi connectivity index (χ2n) is 4.91. The standard InChI is InChI=1S/C16H16BrClN2O3/c1-10-7-12(23-2)9-15(21)20(10)6-5-19-16(22)13-8-11(17)3-4-14(13)18/h3-4,7-9H,5-6H2,1-2H3,(H,19,22). The predicted octanol–water partition coefficient (Wildman–Crippen LogP) is 3.01. The molecule has 1 N–H and O–H groups in total. The zero-order valence-corrected chi connectivity index (χ0v) is 15.1. The number of hydrogen-bond donors (Lipinski definition) is 1. The number of pyridine rings is 1. The first-order chi connectivity index (χ1) is 10.9. The zero-order chi connectivity index (χ0) is 17.0. The van der Waals surface area contributed by atoms with Gasteiger partial charge in [0.1, 0.15) is 5.75 Å². The summed E-state index contributed by atoms with van der Waals surface area (Å²) in [6.45, 7) is 2.50. The molecular formula is C16H16BrClN2O3. The van der Waals surface area contributed by atoms with Gasteiger partial charge in [-0.1, -0.05) is 27.5 Å². The Kier molecular flexibility index (Phi) is 5.85. The van der Waals surface area contributed by atoms with Crippen LogP contribution < -0.4 is 15.6 Å². The number of benzene rings is 1. The average molecular weight is 400 g/mol. The molecule has 0 saturated heterocycles. The van der Waals surface area contributed by atoms with Gasteiger partial charge in [-0.3, -0.25) is 9.59 Å². The van der Waals surface area contributed by atoms with Crippen LogP contribution in [0.2, 0.25) is 5.02 Å². The van der Waals surface area contributed by atoms with Crippen molar-refractivity contribution < 1.29 is 9.53 Å². The molecule has 5 nitrogen and oxygen atoms in total. The molecule has 0 bridgehead atoms. The number of aromatic nitrogens is 1. The van der Waals surface area contributed by atoms with Crippen LogP contribution >= 0.6 is 27.5 Å². The fourth-order valence-electron chi connectivity index (χ4n) is 2.15. The van der Waals surface area contributed by atoms with E-state index < -0.39 is 0 Å². The Morgan fingerprint density at radius 2 is 2.09 bits per heavy atom. The number of rotatable bonds is 5. The average Bonchev–Trinajstić information content (AvgIpc) is 2.51. The lowest BCUT2D eigenvalue weighted by Gasteiger charge is -2.12. The summed E-state index contributed by atoms with van der Waals surface area (Å²) in [7, 11) is 1.51. The van der Waals surface area contributed by atoms with Crippen LogP contribution in [0.1, 0.15) is 16.1 Å². The van der Waals surface area contributed by atoms with Gasteiger partial charge in [0.2, 0.25) is 0 Å². The predicted molar refractivity (Wildman–Crippen MR) is 93.5 cm³/mol. The number of nitrogens with one attached hydrogen (secondary N) is 1. The van der Waals surface area contributed by atoms with Crippen LogP contribution in [0.4, 0.5) is 0 Å². The van der Waals surface area contributed by atoms with Crippen LogP contribution in [0, 0.1) is 6.92 Å². The summed E-state index contributed by atoms with van der Waals surface area (Å²) >= 11 is 9.33. The third kappa shape index (κ3) is 4.36. The highest BCUT2D eigenvalue weighted by Gasteiger charge is 2.11. The van der Waals surface area contributed by atoms with Crippen molar-refractivity contribution in [1.82, 2.24) is 9.88 Å². The largest absolute Gasteiger partial charge is 0.496 e. The van der Waals surface area contributed by atoms with E-state index in [1.165, 1.54) is 13.2 Å². The molecule has 7 heteroatoms. The summed E-state index contributed by atoms with van der Waals surface area (Å²) in [6, 6.07) is 8.26. The third-order valence-corrected chi connectivity index (χ3v) is 4.16. The Balaban J connectivity index is 2.04. The van der Waals surface area contributed by atoms with E-state index in [2.05, 4.69) is 21.2 Å². The summed E-state index contributed by atoms with van der Waals surface area (Å²) in [5.74, 6) is 0.240. The fraction of sp³-hybridized carbons (Fsp3) is 0.250. The first-order valence-electron chi connectivity index (χ1n) is 6.91. The molecule has 0 unspecified atom stereocenters. The number of aryl methyl sites for hydroxylation is 1. The smallest absolute Gasteiger partial charge is 0.254 e. The van der Waals surface area contributed by atoms with Gasteiger partial charge in [0.15, 0.2) is 0 Å². The monoisotopic (exact) mass is 398 g/mol. The van der Waals surface area contributed by atoms with E-state index >= 15 is 0 Å². The SMILES string of the molecule is COc1cc(C)n(CCNC(=O)c2cc(Br)ccc2Cl)c(=O)c1. The first-order valence-corrected chi connectivity index (χ1v) is 8.08. The number of methoxy groups -OCH3 is 1. The Labute approximate surface area is 147 Å². The van der Waals surface area contributed by atoms with E-state index in [1.807, 2.05) is 6.92 Å². The second kappa shape index (κ2) is 7.66. The highest BCUT2D eigenvalue weighted by atomic mass is 79.9. The van der Waals surface area contributed by atoms with Gasteiger partial charge in [0.05, 0.1) is 17.7 Å². The maximum atomic E-state index is 12.2. The topological polar surface area (TPSA) is 60.3 Å². The van der Waals surface area contributed by atoms with Crippen molar-refractivity contribution in [3.8, 4) is 5.75 Å². The number of hydrogen-bond acceptors (Lipinski definition) is 3. The van der Waals surface area contributed by atoms with Crippen LogP contribution in [0.15, 0.2) is 39.6 Å². The van der Waals surface area contributed by atoms with Crippen LogP contribution in [-0.2, 0) is 6.54 Å². The molecule has 1 amide bonds. The highest BCUT2D eigenvalue weighted by Crippen LogP contribution is 2.20. The van der Waals surface area contributed by atoms with Gasteiger partial charge in [0, 0.05) is 29.3 Å². The Hall–Kier alpha value is -1.79. The first kappa shape index (κ1) is 17.6. The molecule has 0 aliphatic rings. The van der Waals surface area contributed by atoms with E-state index in [9.17, 15) is 9.59 Å². The molecule has 0 radical (unpaired) electrons. The second-order valence-corrected chi connectivity index (χ2v) is 6.23. The molecule has 2 rings (SSSR count). The van der Waals surface area contributed by atoms with Crippen LogP contribution in [0.3, 0.4) is 0 Å². The van der Waals surface area contributed by atoms with Crippen molar-refractivity contribution in [2.45, 2.75) is 13.5 Å². The summed E-state index contributed by atoms with van der Waals surface area (Å²) in [4.78, 5) is 24.2. The van der Waals surface area contributed by atoms with Gasteiger partial charge in [-0.2, -0.15) is 0 Å². The number of halogens is 2. The molecule has 122 valence electrons. The molecule has 2 aromatic rings. The number of amides is 1. The number of ether oxygens (including phenoxy) is 1.